The summed E-state index contributed by atoms with van der Waals surface area (Å²) < 4.78 is 40.6. The maximum absolute atomic E-state index is 12.6. The fraction of sp³-hybridized carbons (Fsp3) is 0.381. The number of methoxy groups -OCH3 is 1. The highest BCUT2D eigenvalue weighted by Gasteiger charge is 2.11. The summed E-state index contributed by atoms with van der Waals surface area (Å²) in [7, 11) is 3.15. The quantitative estimate of drug-likeness (QED) is 0.487. The lowest BCUT2D eigenvalue weighted by Crippen LogP contribution is -2.36. The Morgan fingerprint density at radius 1 is 0.966 bits per heavy atom. The van der Waals surface area contributed by atoms with Crippen molar-refractivity contribution in [2.45, 2.75) is 39.7 Å². The number of alkyl halides is 2. The van der Waals surface area contributed by atoms with Gasteiger partial charge in [-0.1, -0.05) is 12.1 Å². The van der Waals surface area contributed by atoms with Crippen molar-refractivity contribution in [3.05, 3.63) is 53.6 Å². The highest BCUT2D eigenvalue weighted by molar-refractivity contribution is 5.79. The number of nitrogens with one attached hydrogen (secondary N) is 2. The average molecular weight is 407 g/mol. The first-order valence-electron chi connectivity index (χ1n) is 9.23. The van der Waals surface area contributed by atoms with Crippen LogP contribution in [0.25, 0.3) is 0 Å². The molecule has 0 unspecified atom stereocenters. The molecule has 0 bridgehead atoms. The number of aliphatic imine (C=N–C) groups is 1. The Kier molecular flexibility index (Phi) is 8.51. The minimum absolute atomic E-state index is 0.0875. The summed E-state index contributed by atoms with van der Waals surface area (Å²) in [6.07, 6.45) is 0.123. The van der Waals surface area contributed by atoms with Crippen LogP contribution in [0.1, 0.15) is 25.0 Å². The van der Waals surface area contributed by atoms with Crippen LogP contribution in [0.15, 0.2) is 47.5 Å². The lowest BCUT2D eigenvalue weighted by atomic mass is 10.2. The molecule has 0 atom stereocenters. The van der Waals surface area contributed by atoms with Gasteiger partial charge < -0.3 is 24.8 Å². The highest BCUT2D eigenvalue weighted by atomic mass is 19.3. The number of halogens is 2. The third-order valence-corrected chi connectivity index (χ3v) is 3.91. The van der Waals surface area contributed by atoms with E-state index in [1.165, 1.54) is 13.2 Å². The first kappa shape index (κ1) is 22.3. The van der Waals surface area contributed by atoms with Crippen molar-refractivity contribution in [2.75, 3.05) is 14.2 Å². The van der Waals surface area contributed by atoms with Gasteiger partial charge in [-0.3, -0.25) is 4.99 Å². The Balaban J connectivity index is 1.95. The number of nitrogens with zero attached hydrogens (tertiary/aromatic N) is 1. The van der Waals surface area contributed by atoms with E-state index in [4.69, 9.17) is 9.47 Å². The van der Waals surface area contributed by atoms with E-state index < -0.39 is 6.61 Å². The van der Waals surface area contributed by atoms with Gasteiger partial charge in [0.2, 0.25) is 0 Å². The summed E-state index contributed by atoms with van der Waals surface area (Å²) in [5, 5.41) is 6.28. The monoisotopic (exact) mass is 407 g/mol. The maximum Gasteiger partial charge on any atom is 0.387 e. The van der Waals surface area contributed by atoms with Gasteiger partial charge in [-0.15, -0.1) is 0 Å². The number of guanidine groups is 1. The number of rotatable bonds is 9. The van der Waals surface area contributed by atoms with Gasteiger partial charge in [0.15, 0.2) is 5.96 Å². The number of hydrogen-bond donors (Lipinski definition) is 2. The second-order valence-corrected chi connectivity index (χ2v) is 6.44. The van der Waals surface area contributed by atoms with Crippen LogP contribution in [0.3, 0.4) is 0 Å². The lowest BCUT2D eigenvalue weighted by molar-refractivity contribution is -0.0505. The van der Waals surface area contributed by atoms with Crippen molar-refractivity contribution < 1.29 is 23.0 Å². The SMILES string of the molecule is CN=C(NCc1ccc(OC(C)C)cc1)NCc1cc(OC)ccc1OC(F)F. The average Bonchev–Trinajstić information content (AvgIpc) is 2.69. The molecule has 2 rings (SSSR count). The van der Waals surface area contributed by atoms with Gasteiger partial charge in [0, 0.05) is 25.7 Å². The lowest BCUT2D eigenvalue weighted by Gasteiger charge is -2.16. The van der Waals surface area contributed by atoms with Crippen LogP contribution in [0.2, 0.25) is 0 Å². The summed E-state index contributed by atoms with van der Waals surface area (Å²) in [4.78, 5) is 4.16. The molecular formula is C21H27F2N3O3. The van der Waals surface area contributed by atoms with Crippen LogP contribution in [-0.2, 0) is 13.1 Å². The van der Waals surface area contributed by atoms with Crippen molar-refractivity contribution in [3.63, 3.8) is 0 Å². The third kappa shape index (κ3) is 7.48. The molecule has 2 aromatic rings. The molecule has 0 saturated carbocycles. The van der Waals surface area contributed by atoms with Gasteiger partial charge in [0.25, 0.3) is 0 Å². The summed E-state index contributed by atoms with van der Waals surface area (Å²) in [6.45, 7) is 1.83. The largest absolute Gasteiger partial charge is 0.497 e. The minimum Gasteiger partial charge on any atom is -0.497 e. The van der Waals surface area contributed by atoms with Gasteiger partial charge in [-0.05, 0) is 49.7 Å². The van der Waals surface area contributed by atoms with Crippen molar-refractivity contribution in [2.24, 2.45) is 4.99 Å². The Morgan fingerprint density at radius 2 is 1.62 bits per heavy atom. The molecule has 0 radical (unpaired) electrons. The molecule has 0 aliphatic rings. The van der Waals surface area contributed by atoms with Crippen molar-refractivity contribution in [1.29, 1.82) is 0 Å². The fourth-order valence-electron chi connectivity index (χ4n) is 2.58. The molecule has 0 aromatic heterocycles. The van der Waals surface area contributed by atoms with Crippen LogP contribution < -0.4 is 24.8 Å². The van der Waals surface area contributed by atoms with Gasteiger partial charge in [-0.25, -0.2) is 0 Å². The number of benzene rings is 2. The maximum atomic E-state index is 12.6. The molecule has 2 N–H and O–H groups in total. The molecule has 8 heteroatoms. The number of ether oxygens (including phenoxy) is 3. The fourth-order valence-corrected chi connectivity index (χ4v) is 2.58. The minimum atomic E-state index is -2.90. The van der Waals surface area contributed by atoms with E-state index in [-0.39, 0.29) is 18.4 Å². The third-order valence-electron chi connectivity index (χ3n) is 3.91. The smallest absolute Gasteiger partial charge is 0.387 e. The van der Waals surface area contributed by atoms with E-state index in [0.717, 1.165) is 11.3 Å². The topological polar surface area (TPSA) is 64.1 Å². The van der Waals surface area contributed by atoms with Crippen molar-refractivity contribution in [3.8, 4) is 17.2 Å². The van der Waals surface area contributed by atoms with Gasteiger partial charge in [0.05, 0.1) is 13.2 Å². The zero-order valence-electron chi connectivity index (χ0n) is 17.0. The second-order valence-electron chi connectivity index (χ2n) is 6.44. The molecule has 6 nitrogen and oxygen atoms in total. The van der Waals surface area contributed by atoms with Crippen molar-refractivity contribution in [1.82, 2.24) is 10.6 Å². The summed E-state index contributed by atoms with van der Waals surface area (Å²) in [5.74, 6) is 1.98. The van der Waals surface area contributed by atoms with Crippen LogP contribution in [0.5, 0.6) is 17.2 Å². The molecule has 2 aromatic carbocycles. The van der Waals surface area contributed by atoms with Crippen LogP contribution in [-0.4, -0.2) is 32.8 Å². The van der Waals surface area contributed by atoms with E-state index in [1.54, 1.807) is 19.2 Å². The molecule has 158 valence electrons. The van der Waals surface area contributed by atoms with E-state index in [1.807, 2.05) is 38.1 Å². The Hall–Kier alpha value is -3.03. The molecule has 0 aliphatic heterocycles. The summed E-state index contributed by atoms with van der Waals surface area (Å²) in [6, 6.07) is 12.4. The highest BCUT2D eigenvalue weighted by Crippen LogP contribution is 2.25. The standard InChI is InChI=1S/C21H27F2N3O3/c1-14(2)28-17-7-5-15(6-8-17)12-25-21(24-3)26-13-16-11-18(27-4)9-10-19(16)29-20(22)23/h5-11,14,20H,12-13H2,1-4H3,(H2,24,25,26). The Bertz CT molecular complexity index is 796. The zero-order valence-corrected chi connectivity index (χ0v) is 17.0. The van der Waals surface area contributed by atoms with Crippen LogP contribution in [0, 0.1) is 0 Å². The number of hydrogen-bond acceptors (Lipinski definition) is 4. The summed E-state index contributed by atoms with van der Waals surface area (Å²) in [5.41, 5.74) is 1.58. The van der Waals surface area contributed by atoms with Gasteiger partial charge >= 0.3 is 6.61 Å². The van der Waals surface area contributed by atoms with E-state index in [2.05, 4.69) is 20.4 Å². The molecule has 0 aliphatic carbocycles. The van der Waals surface area contributed by atoms with E-state index in [9.17, 15) is 8.78 Å². The van der Waals surface area contributed by atoms with Crippen molar-refractivity contribution >= 4 is 5.96 Å². The molecule has 29 heavy (non-hydrogen) atoms. The van der Waals surface area contributed by atoms with E-state index >= 15 is 0 Å². The molecule has 0 spiro atoms. The first-order valence-corrected chi connectivity index (χ1v) is 9.23. The normalized spacial score (nSPS) is 11.5. The Morgan fingerprint density at radius 3 is 2.21 bits per heavy atom. The molecule has 0 saturated heterocycles. The van der Waals surface area contributed by atoms with Crippen LogP contribution in [0.4, 0.5) is 8.78 Å². The predicted molar refractivity (Wildman–Crippen MR) is 109 cm³/mol. The van der Waals surface area contributed by atoms with E-state index in [0.29, 0.717) is 23.8 Å². The first-order chi connectivity index (χ1) is 13.9. The van der Waals surface area contributed by atoms with Crippen LogP contribution >= 0.6 is 0 Å². The molecular weight excluding hydrogens is 380 g/mol. The van der Waals surface area contributed by atoms with Gasteiger partial charge in [-0.2, -0.15) is 8.78 Å². The molecule has 0 heterocycles. The second kappa shape index (κ2) is 11.1. The molecule has 0 fully saturated rings. The summed E-state index contributed by atoms with van der Waals surface area (Å²) >= 11 is 0. The predicted octanol–water partition coefficient (Wildman–Crippen LogP) is 3.95. The molecule has 0 amide bonds. The Labute approximate surface area is 169 Å². The van der Waals surface area contributed by atoms with Gasteiger partial charge in [0.1, 0.15) is 17.2 Å². The zero-order chi connectivity index (χ0) is 21.2.